The molecular weight excluding hydrogens is 840 g/mol. The topological polar surface area (TPSA) is 24.7 Å². The first-order chi connectivity index (χ1) is 23.6. The maximum atomic E-state index is 4.91. The van der Waals surface area contributed by atoms with Gasteiger partial charge in [0.05, 0.1) is 11.4 Å². The zero-order valence-electron chi connectivity index (χ0n) is 31.9. The number of para-hydroxylation sites is 2. The van der Waals surface area contributed by atoms with E-state index in [2.05, 4.69) is 213 Å². The molecule has 0 aliphatic carbocycles. The maximum absolute atomic E-state index is 4.91. The van der Waals surface area contributed by atoms with Gasteiger partial charge >= 0.3 is 55.4 Å². The van der Waals surface area contributed by atoms with E-state index in [-0.39, 0.29) is 0 Å². The standard InChI is InChI=1S/2C22H28N.2ClH.2Pd/c2*1-14(2)19-9-8-10-20(15(3)4)22(19)23-13-21-17(6)11-16(5)12-18(21)7;;;;/h2*8-15H,6H2,1-5,7H3;2*1H;;/q2*-1;;;2*+2/p-2. The quantitative estimate of drug-likeness (QED) is 0.0956. The Bertz CT molecular complexity index is 1490. The fraction of sp³-hybridized carbons (Fsp3) is 0.364. The first kappa shape index (κ1) is 45.9. The van der Waals surface area contributed by atoms with Crippen molar-refractivity contribution in [3.8, 4) is 0 Å². The Balaban J connectivity index is 0.000000455. The zero-order chi connectivity index (χ0) is 38.3. The fourth-order valence-corrected chi connectivity index (χ4v) is 6.08. The van der Waals surface area contributed by atoms with Crippen LogP contribution in [0.2, 0.25) is 0 Å². The third-order valence-electron chi connectivity index (χ3n) is 8.56. The molecule has 0 bridgehead atoms. The van der Waals surface area contributed by atoms with E-state index < -0.39 is 0 Å². The molecule has 6 heteroatoms. The molecule has 0 N–H and O–H groups in total. The van der Waals surface area contributed by atoms with Gasteiger partial charge in [-0.2, -0.15) is 37.1 Å². The molecule has 0 amide bonds. The van der Waals surface area contributed by atoms with Gasteiger partial charge in [-0.3, -0.25) is 9.98 Å². The van der Waals surface area contributed by atoms with Crippen molar-refractivity contribution in [1.29, 1.82) is 0 Å². The Morgan fingerprint density at radius 1 is 0.500 bits per heavy atom. The van der Waals surface area contributed by atoms with Gasteiger partial charge in [0.15, 0.2) is 0 Å². The summed E-state index contributed by atoms with van der Waals surface area (Å²) in [4.78, 5) is 9.81. The van der Waals surface area contributed by atoms with Crippen LogP contribution >= 0.6 is 19.1 Å². The molecule has 4 aromatic carbocycles. The number of nitrogens with zero attached hydrogens (tertiary/aromatic N) is 2. The molecule has 0 atom stereocenters. The molecule has 0 unspecified atom stereocenters. The van der Waals surface area contributed by atoms with Gasteiger partial charge in [-0.15, -0.1) is 22.3 Å². The second-order valence-corrected chi connectivity index (χ2v) is 14.0. The molecule has 0 radical (unpaired) electrons. The van der Waals surface area contributed by atoms with Crippen molar-refractivity contribution in [2.75, 3.05) is 0 Å². The monoisotopic (exact) mass is 894 g/mol. The van der Waals surface area contributed by atoms with Crippen molar-refractivity contribution in [2.24, 2.45) is 9.98 Å². The Morgan fingerprint density at radius 2 is 0.760 bits per heavy atom. The van der Waals surface area contributed by atoms with Gasteiger partial charge < -0.3 is 0 Å². The summed E-state index contributed by atoms with van der Waals surface area (Å²) in [6.07, 6.45) is 3.98. The molecule has 0 aliphatic rings. The molecule has 0 saturated heterocycles. The van der Waals surface area contributed by atoms with Crippen molar-refractivity contribution < 1.29 is 36.4 Å². The summed E-state index contributed by atoms with van der Waals surface area (Å²) in [5.41, 5.74) is 16.8. The molecule has 0 aromatic heterocycles. The minimum absolute atomic E-state index is 0.458. The number of aryl methyl sites for hydroxylation is 4. The van der Waals surface area contributed by atoms with Crippen molar-refractivity contribution in [3.05, 3.63) is 141 Å². The summed E-state index contributed by atoms with van der Waals surface area (Å²) in [7, 11) is 8.98. The summed E-state index contributed by atoms with van der Waals surface area (Å²) >= 11 is 4.44. The molecule has 276 valence electrons. The molecule has 0 saturated carbocycles. The van der Waals surface area contributed by atoms with Gasteiger partial charge in [-0.05, 0) is 58.4 Å². The van der Waals surface area contributed by atoms with Crippen LogP contribution in [0.5, 0.6) is 0 Å². The second-order valence-electron chi connectivity index (χ2n) is 14.0. The van der Waals surface area contributed by atoms with E-state index in [0.717, 1.165) is 33.6 Å². The van der Waals surface area contributed by atoms with E-state index in [1.807, 2.05) is 12.4 Å². The van der Waals surface area contributed by atoms with Gasteiger partial charge in [-0.25, -0.2) is 0 Å². The van der Waals surface area contributed by atoms with E-state index in [0.29, 0.717) is 23.7 Å². The third-order valence-corrected chi connectivity index (χ3v) is 8.56. The molecule has 0 heterocycles. The van der Waals surface area contributed by atoms with Crippen molar-refractivity contribution >= 4 is 42.9 Å². The van der Waals surface area contributed by atoms with Crippen molar-refractivity contribution in [2.45, 2.75) is 107 Å². The molecule has 0 fully saturated rings. The second kappa shape index (κ2) is 22.7. The van der Waals surface area contributed by atoms with Crippen molar-refractivity contribution in [3.63, 3.8) is 0 Å². The Hall–Kier alpha value is -2.14. The number of hydrogen-bond donors (Lipinski definition) is 0. The Kier molecular flexibility index (Phi) is 20.9. The molecule has 50 heavy (non-hydrogen) atoms. The van der Waals surface area contributed by atoms with E-state index in [1.165, 1.54) is 44.5 Å². The molecule has 0 spiro atoms. The molecular formula is C44H56Cl2N2Pd2. The molecule has 4 aromatic rings. The number of aliphatic imine (C=N–C) groups is 2. The van der Waals surface area contributed by atoms with Crippen LogP contribution in [-0.2, 0) is 36.4 Å². The summed E-state index contributed by atoms with van der Waals surface area (Å²) < 4.78 is 0. The first-order valence-corrected chi connectivity index (χ1v) is 21.1. The number of rotatable bonds is 8. The average molecular weight is 897 g/mol. The Morgan fingerprint density at radius 3 is 0.980 bits per heavy atom. The first-order valence-electron chi connectivity index (χ1n) is 17.1. The van der Waals surface area contributed by atoms with Gasteiger partial charge in [0.1, 0.15) is 0 Å². The van der Waals surface area contributed by atoms with E-state index in [1.54, 1.807) is 0 Å². The third kappa shape index (κ3) is 13.1. The number of benzene rings is 4. The van der Waals surface area contributed by atoms with Crippen LogP contribution in [0.1, 0.15) is 146 Å². The SMILES string of the molecule is [CH2-]c1cc(C)cc(C)c1C=Nc1c(C(C)C)cccc1C(C)C.[CH2-]c1cc(C)cc(C)c1C=Nc1c(C(C)C)cccc1C(C)C.[Cl][Pd+].[Cl][Pd+]. The van der Waals surface area contributed by atoms with E-state index in [9.17, 15) is 0 Å². The normalized spacial score (nSPS) is 11.2. The molecule has 0 aliphatic heterocycles. The van der Waals surface area contributed by atoms with Gasteiger partial charge in [0, 0.05) is 0 Å². The summed E-state index contributed by atoms with van der Waals surface area (Å²) in [5.74, 6) is 1.83. The van der Waals surface area contributed by atoms with Crippen LogP contribution in [0.3, 0.4) is 0 Å². The van der Waals surface area contributed by atoms with Crippen LogP contribution in [0.15, 0.2) is 70.6 Å². The van der Waals surface area contributed by atoms with E-state index in [4.69, 9.17) is 9.98 Å². The number of halogens is 2. The van der Waals surface area contributed by atoms with Crippen molar-refractivity contribution in [1.82, 2.24) is 0 Å². The van der Waals surface area contributed by atoms with Gasteiger partial charge in [0.25, 0.3) is 0 Å². The van der Waals surface area contributed by atoms with Crippen LogP contribution in [0.4, 0.5) is 11.4 Å². The van der Waals surface area contributed by atoms with Crippen LogP contribution in [0.25, 0.3) is 0 Å². The predicted octanol–water partition coefficient (Wildman–Crippen LogP) is 14.3. The van der Waals surface area contributed by atoms with Crippen LogP contribution in [-0.4, -0.2) is 12.4 Å². The van der Waals surface area contributed by atoms with Crippen LogP contribution in [0, 0.1) is 41.5 Å². The molecule has 4 rings (SSSR count). The number of hydrogen-bond acceptors (Lipinski definition) is 2. The van der Waals surface area contributed by atoms with Gasteiger partial charge in [0.2, 0.25) is 0 Å². The van der Waals surface area contributed by atoms with E-state index >= 15 is 0 Å². The summed E-state index contributed by atoms with van der Waals surface area (Å²) in [5, 5.41) is 0. The zero-order valence-corrected chi connectivity index (χ0v) is 36.6. The average Bonchev–Trinajstić information content (AvgIpc) is 3.05. The van der Waals surface area contributed by atoms with Gasteiger partial charge in [-0.1, -0.05) is 143 Å². The Labute approximate surface area is 334 Å². The van der Waals surface area contributed by atoms with Crippen LogP contribution < -0.4 is 0 Å². The summed E-state index contributed by atoms with van der Waals surface area (Å²) in [6, 6.07) is 21.7. The molecule has 2 nitrogen and oxygen atoms in total. The minimum atomic E-state index is 0.458. The fourth-order valence-electron chi connectivity index (χ4n) is 6.08. The summed E-state index contributed by atoms with van der Waals surface area (Å²) in [6.45, 7) is 34.6. The predicted molar refractivity (Wildman–Crippen MR) is 216 cm³/mol.